The van der Waals surface area contributed by atoms with Gasteiger partial charge < -0.3 is 5.11 Å². The highest BCUT2D eigenvalue weighted by Crippen LogP contribution is 2.68. The average Bonchev–Trinajstić information content (AvgIpc) is 2.96. The zero-order valence-electron chi connectivity index (χ0n) is 17.8. The summed E-state index contributed by atoms with van der Waals surface area (Å²) in [6.07, 6.45) is 7.58. The fraction of sp³-hybridized carbons (Fsp3) is 0.875. The van der Waals surface area contributed by atoms with Gasteiger partial charge in [-0.05, 0) is 68.1 Å². The van der Waals surface area contributed by atoms with Gasteiger partial charge in [0.15, 0.2) is 5.78 Å². The number of aliphatic hydroxyl groups is 1. The van der Waals surface area contributed by atoms with E-state index < -0.39 is 11.0 Å². The number of rotatable bonds is 4. The molecule has 0 spiro atoms. The van der Waals surface area contributed by atoms with E-state index in [2.05, 4.69) is 13.8 Å². The lowest BCUT2D eigenvalue weighted by molar-refractivity contribution is -0.181. The molecular weight excluding hydrogens is 352 g/mol. The van der Waals surface area contributed by atoms with Crippen molar-refractivity contribution in [1.82, 2.24) is 0 Å². The molecule has 4 unspecified atom stereocenters. The third-order valence-electron chi connectivity index (χ3n) is 9.61. The standard InChI is InChI=1S/C24H36O4/c1-4-6-20(27)24(28)12-10-18-17-8-7-15-13-16(25)9-11-22(15,3)21(17)19(26)14-23(18,24)5-2/h15,17-18,21,28H,4-14H2,1-3H3/t15?,17?,18-,21+,22?,23?,24-/m0/s1. The summed E-state index contributed by atoms with van der Waals surface area (Å²) >= 11 is 0. The summed E-state index contributed by atoms with van der Waals surface area (Å²) in [5.74, 6) is 1.42. The average molecular weight is 389 g/mol. The Morgan fingerprint density at radius 3 is 2.57 bits per heavy atom. The van der Waals surface area contributed by atoms with Crippen LogP contribution < -0.4 is 0 Å². The first-order valence-corrected chi connectivity index (χ1v) is 11.5. The maximum absolute atomic E-state index is 13.6. The number of fused-ring (bicyclic) bond motifs is 5. The predicted octanol–water partition coefficient (Wildman–Crippen LogP) is 4.27. The van der Waals surface area contributed by atoms with E-state index in [1.54, 1.807) is 0 Å². The molecule has 4 heteroatoms. The number of Topliss-reactive ketones (excluding diaryl/α,β-unsaturated/α-hetero) is 3. The third kappa shape index (κ3) is 2.49. The van der Waals surface area contributed by atoms with Gasteiger partial charge in [0.25, 0.3) is 0 Å². The van der Waals surface area contributed by atoms with Crippen LogP contribution in [0.25, 0.3) is 0 Å². The van der Waals surface area contributed by atoms with Crippen molar-refractivity contribution in [2.45, 2.75) is 97.0 Å². The molecule has 0 aromatic carbocycles. The minimum atomic E-state index is -1.33. The van der Waals surface area contributed by atoms with E-state index in [0.717, 1.165) is 32.1 Å². The quantitative estimate of drug-likeness (QED) is 0.781. The summed E-state index contributed by atoms with van der Waals surface area (Å²) in [6, 6.07) is 0. The van der Waals surface area contributed by atoms with Crippen molar-refractivity contribution in [3.63, 3.8) is 0 Å². The van der Waals surface area contributed by atoms with Crippen LogP contribution >= 0.6 is 0 Å². The van der Waals surface area contributed by atoms with Gasteiger partial charge in [-0.25, -0.2) is 0 Å². The second kappa shape index (κ2) is 6.75. The van der Waals surface area contributed by atoms with Gasteiger partial charge in [-0.15, -0.1) is 0 Å². The van der Waals surface area contributed by atoms with Crippen molar-refractivity contribution in [2.75, 3.05) is 0 Å². The number of hydrogen-bond donors (Lipinski definition) is 1. The molecule has 0 radical (unpaired) electrons. The Hall–Kier alpha value is -1.03. The summed E-state index contributed by atoms with van der Waals surface area (Å²) < 4.78 is 0. The number of ketones is 3. The van der Waals surface area contributed by atoms with Crippen LogP contribution in [0.15, 0.2) is 0 Å². The lowest BCUT2D eigenvalue weighted by atomic mass is 9.43. The van der Waals surface area contributed by atoms with Gasteiger partial charge in [0.2, 0.25) is 0 Å². The Kier molecular flexibility index (Phi) is 4.88. The molecule has 4 nitrogen and oxygen atoms in total. The maximum atomic E-state index is 13.6. The Bertz CT molecular complexity index is 699. The first-order valence-electron chi connectivity index (χ1n) is 11.5. The fourth-order valence-corrected chi connectivity index (χ4v) is 8.20. The smallest absolute Gasteiger partial charge is 0.164 e. The largest absolute Gasteiger partial charge is 0.381 e. The van der Waals surface area contributed by atoms with Crippen LogP contribution in [0.3, 0.4) is 0 Å². The summed E-state index contributed by atoms with van der Waals surface area (Å²) in [5.41, 5.74) is -1.99. The third-order valence-corrected chi connectivity index (χ3v) is 9.61. The molecule has 0 amide bonds. The number of carbonyl (C=O) groups is 3. The lowest BCUT2D eigenvalue weighted by Crippen LogP contribution is -2.62. The van der Waals surface area contributed by atoms with Gasteiger partial charge in [0.1, 0.15) is 17.2 Å². The van der Waals surface area contributed by atoms with Crippen molar-refractivity contribution in [1.29, 1.82) is 0 Å². The molecule has 4 rings (SSSR count). The van der Waals surface area contributed by atoms with Gasteiger partial charge in [-0.3, -0.25) is 14.4 Å². The molecule has 7 atom stereocenters. The van der Waals surface area contributed by atoms with Crippen molar-refractivity contribution in [2.24, 2.45) is 34.5 Å². The molecule has 156 valence electrons. The van der Waals surface area contributed by atoms with Gasteiger partial charge in [-0.2, -0.15) is 0 Å². The van der Waals surface area contributed by atoms with Gasteiger partial charge >= 0.3 is 0 Å². The zero-order valence-corrected chi connectivity index (χ0v) is 17.8. The predicted molar refractivity (Wildman–Crippen MR) is 107 cm³/mol. The van der Waals surface area contributed by atoms with Crippen LogP contribution in [0.5, 0.6) is 0 Å². The van der Waals surface area contributed by atoms with E-state index >= 15 is 0 Å². The van der Waals surface area contributed by atoms with Crippen LogP contribution in [0.4, 0.5) is 0 Å². The highest BCUT2D eigenvalue weighted by Gasteiger charge is 2.69. The SMILES string of the molecule is CCCC(=O)[C@@]1(O)CC[C@H]2C3CCC4CC(=O)CCC4(C)[C@H]3C(=O)CC21CC. The first kappa shape index (κ1) is 20.3. The second-order valence-corrected chi connectivity index (χ2v) is 10.5. The van der Waals surface area contributed by atoms with Crippen molar-refractivity contribution in [3.8, 4) is 0 Å². The molecule has 4 aliphatic carbocycles. The van der Waals surface area contributed by atoms with Gasteiger partial charge in [-0.1, -0.05) is 20.8 Å². The molecular formula is C24H36O4. The molecule has 0 saturated heterocycles. The first-order chi connectivity index (χ1) is 13.2. The summed E-state index contributed by atoms with van der Waals surface area (Å²) in [4.78, 5) is 38.7. The minimum absolute atomic E-state index is 0.00709. The van der Waals surface area contributed by atoms with E-state index in [9.17, 15) is 19.5 Å². The molecule has 0 heterocycles. The number of hydrogen-bond acceptors (Lipinski definition) is 4. The normalized spacial score (nSPS) is 48.0. The minimum Gasteiger partial charge on any atom is -0.381 e. The fourth-order valence-electron chi connectivity index (χ4n) is 8.20. The monoisotopic (exact) mass is 388 g/mol. The van der Waals surface area contributed by atoms with Gasteiger partial charge in [0, 0.05) is 37.0 Å². The van der Waals surface area contributed by atoms with Crippen LogP contribution in [-0.2, 0) is 14.4 Å². The molecule has 4 aliphatic rings. The summed E-state index contributed by atoms with van der Waals surface area (Å²) in [6.45, 7) is 6.28. The van der Waals surface area contributed by atoms with Crippen molar-refractivity contribution >= 4 is 17.3 Å². The van der Waals surface area contributed by atoms with Crippen molar-refractivity contribution in [3.05, 3.63) is 0 Å². The summed E-state index contributed by atoms with van der Waals surface area (Å²) in [5, 5.41) is 11.6. The molecule has 28 heavy (non-hydrogen) atoms. The number of carbonyl (C=O) groups excluding carboxylic acids is 3. The van der Waals surface area contributed by atoms with Crippen LogP contribution in [0.1, 0.15) is 91.4 Å². The zero-order chi connectivity index (χ0) is 20.3. The Morgan fingerprint density at radius 1 is 1.14 bits per heavy atom. The Labute approximate surface area is 168 Å². The lowest BCUT2D eigenvalue weighted by Gasteiger charge is -2.60. The van der Waals surface area contributed by atoms with E-state index in [1.165, 1.54) is 0 Å². The molecule has 1 N–H and O–H groups in total. The molecule has 0 aromatic heterocycles. The van der Waals surface area contributed by atoms with Gasteiger partial charge in [0.05, 0.1) is 0 Å². The van der Waals surface area contributed by atoms with E-state index in [-0.39, 0.29) is 34.7 Å². The van der Waals surface area contributed by atoms with Crippen LogP contribution in [0.2, 0.25) is 0 Å². The van der Waals surface area contributed by atoms with E-state index in [1.807, 2.05) is 6.92 Å². The van der Waals surface area contributed by atoms with Crippen LogP contribution in [0, 0.1) is 34.5 Å². The second-order valence-electron chi connectivity index (χ2n) is 10.5. The molecule has 4 fully saturated rings. The Balaban J connectivity index is 1.72. The molecule has 4 saturated carbocycles. The molecule has 0 aliphatic heterocycles. The van der Waals surface area contributed by atoms with E-state index in [4.69, 9.17) is 0 Å². The Morgan fingerprint density at radius 2 is 1.89 bits per heavy atom. The maximum Gasteiger partial charge on any atom is 0.164 e. The topological polar surface area (TPSA) is 71.4 Å². The summed E-state index contributed by atoms with van der Waals surface area (Å²) in [7, 11) is 0. The van der Waals surface area contributed by atoms with Crippen molar-refractivity contribution < 1.29 is 19.5 Å². The molecule has 0 bridgehead atoms. The van der Waals surface area contributed by atoms with Crippen LogP contribution in [-0.4, -0.2) is 28.1 Å². The molecule has 0 aromatic rings. The van der Waals surface area contributed by atoms with E-state index in [0.29, 0.717) is 50.2 Å². The highest BCUT2D eigenvalue weighted by atomic mass is 16.3. The highest BCUT2D eigenvalue weighted by molar-refractivity contribution is 5.92.